The van der Waals surface area contributed by atoms with E-state index in [-0.39, 0.29) is 0 Å². The third-order valence-corrected chi connectivity index (χ3v) is 9.63. The Morgan fingerprint density at radius 3 is 1.71 bits per heavy atom. The highest BCUT2D eigenvalue weighted by Gasteiger charge is 2.19. The zero-order valence-electron chi connectivity index (χ0n) is 25.0. The van der Waals surface area contributed by atoms with Gasteiger partial charge >= 0.3 is 0 Å². The van der Waals surface area contributed by atoms with Crippen LogP contribution in [0.4, 0.5) is 0 Å². The molecule has 0 unspecified atom stereocenters. The van der Waals surface area contributed by atoms with Crippen molar-refractivity contribution in [2.24, 2.45) is 0 Å². The monoisotopic (exact) mass is 573 g/mol. The van der Waals surface area contributed by atoms with Crippen LogP contribution in [0.25, 0.3) is 93.1 Å². The van der Waals surface area contributed by atoms with Gasteiger partial charge in [0.05, 0.1) is 39.5 Å². The van der Waals surface area contributed by atoms with Crippen LogP contribution in [-0.4, -0.2) is 14.4 Å². The van der Waals surface area contributed by atoms with Crippen LogP contribution < -0.4 is 0 Å². The molecule has 0 atom stereocenters. The summed E-state index contributed by atoms with van der Waals surface area (Å²) in [5.41, 5.74) is 12.7. The Labute approximate surface area is 259 Å². The van der Waals surface area contributed by atoms with E-state index in [9.17, 15) is 0 Å². The van der Waals surface area contributed by atoms with Crippen LogP contribution >= 0.6 is 0 Å². The molecule has 0 bridgehead atoms. The van der Waals surface area contributed by atoms with Crippen molar-refractivity contribution in [3.63, 3.8) is 0 Å². The van der Waals surface area contributed by atoms with E-state index < -0.39 is 0 Å². The number of fused-ring (bicyclic) bond motifs is 12. The van der Waals surface area contributed by atoms with Gasteiger partial charge in [-0.15, -0.1) is 0 Å². The first-order valence-electron chi connectivity index (χ1n) is 15.5. The summed E-state index contributed by atoms with van der Waals surface area (Å²) in [5.74, 6) is 0. The van der Waals surface area contributed by atoms with Crippen LogP contribution in [0.2, 0.25) is 0 Å². The molecule has 0 radical (unpaired) electrons. The average molecular weight is 574 g/mol. The van der Waals surface area contributed by atoms with Gasteiger partial charge in [0.2, 0.25) is 0 Å². The summed E-state index contributed by atoms with van der Waals surface area (Å²) < 4.78 is 2.45. The summed E-state index contributed by atoms with van der Waals surface area (Å²) in [6.07, 6.45) is 1.91. The van der Waals surface area contributed by atoms with Crippen LogP contribution in [-0.2, 0) is 0 Å². The second-order valence-electron chi connectivity index (χ2n) is 12.4. The van der Waals surface area contributed by atoms with Gasteiger partial charge in [-0.05, 0) is 77.7 Å². The fourth-order valence-electron chi connectivity index (χ4n) is 7.58. The largest absolute Gasteiger partial charge is 0.308 e. The molecule has 45 heavy (non-hydrogen) atoms. The van der Waals surface area contributed by atoms with Crippen LogP contribution in [0.1, 0.15) is 11.1 Å². The Bertz CT molecular complexity index is 2790. The molecular formula is C42H27N3. The molecule has 0 aliphatic carbocycles. The zero-order chi connectivity index (χ0) is 29.8. The van der Waals surface area contributed by atoms with Crippen molar-refractivity contribution in [1.29, 1.82) is 0 Å². The Hall–Kier alpha value is -5.80. The Morgan fingerprint density at radius 2 is 1.00 bits per heavy atom. The molecule has 0 saturated heterocycles. The molecule has 0 amide bonds. The lowest BCUT2D eigenvalue weighted by atomic mass is 9.98. The van der Waals surface area contributed by atoms with E-state index in [1.165, 1.54) is 71.1 Å². The van der Waals surface area contributed by atoms with Gasteiger partial charge in [-0.1, -0.05) is 90.5 Å². The molecule has 0 fully saturated rings. The lowest BCUT2D eigenvalue weighted by Gasteiger charge is -2.10. The summed E-state index contributed by atoms with van der Waals surface area (Å²) in [7, 11) is 0. The van der Waals surface area contributed by atoms with E-state index in [0.29, 0.717) is 0 Å². The van der Waals surface area contributed by atoms with E-state index in [2.05, 4.69) is 140 Å². The van der Waals surface area contributed by atoms with Crippen molar-refractivity contribution in [3.05, 3.63) is 139 Å². The summed E-state index contributed by atoms with van der Waals surface area (Å²) in [5, 5.41) is 9.97. The molecule has 10 rings (SSSR count). The molecule has 3 aromatic heterocycles. The molecule has 0 saturated carbocycles. The number of benzene rings is 7. The number of hydrogen-bond donors (Lipinski definition) is 0. The SMILES string of the molecule is Cc1ccc2c(c1)c1cc(C)cc3c4cc(-c5ccc(-c6cnc7c8ccccc8c8ccccc8c7n6)cc5)ccc4n2c13. The smallest absolute Gasteiger partial charge is 0.0979 e. The first-order chi connectivity index (χ1) is 22.1. The molecule has 0 aliphatic heterocycles. The molecule has 3 nitrogen and oxygen atoms in total. The number of rotatable bonds is 2. The average Bonchev–Trinajstić information content (AvgIpc) is 3.58. The minimum absolute atomic E-state index is 0.882. The second kappa shape index (κ2) is 8.87. The molecule has 0 aliphatic rings. The molecule has 10 aromatic rings. The minimum atomic E-state index is 0.882. The number of aromatic nitrogens is 3. The van der Waals surface area contributed by atoms with E-state index in [4.69, 9.17) is 9.97 Å². The maximum atomic E-state index is 5.19. The molecule has 0 N–H and O–H groups in total. The molecule has 3 heterocycles. The summed E-state index contributed by atoms with van der Waals surface area (Å²) in [4.78, 5) is 10.1. The fraction of sp³-hybridized carbons (Fsp3) is 0.0476. The third kappa shape index (κ3) is 3.41. The predicted molar refractivity (Wildman–Crippen MR) is 190 cm³/mol. The van der Waals surface area contributed by atoms with Gasteiger partial charge in [0.1, 0.15) is 0 Å². The van der Waals surface area contributed by atoms with Gasteiger partial charge in [-0.2, -0.15) is 0 Å². The van der Waals surface area contributed by atoms with Gasteiger partial charge in [-0.25, -0.2) is 4.98 Å². The molecule has 0 spiro atoms. The van der Waals surface area contributed by atoms with Crippen molar-refractivity contribution >= 4 is 70.7 Å². The van der Waals surface area contributed by atoms with Crippen LogP contribution in [0.15, 0.2) is 128 Å². The quantitative estimate of drug-likeness (QED) is 0.193. The Morgan fingerprint density at radius 1 is 0.444 bits per heavy atom. The second-order valence-corrected chi connectivity index (χ2v) is 12.4. The number of aryl methyl sites for hydroxylation is 2. The lowest BCUT2D eigenvalue weighted by molar-refractivity contribution is 1.31. The van der Waals surface area contributed by atoms with E-state index in [1.54, 1.807) is 0 Å². The molecular weight excluding hydrogens is 546 g/mol. The van der Waals surface area contributed by atoms with E-state index in [0.717, 1.165) is 33.1 Å². The van der Waals surface area contributed by atoms with E-state index >= 15 is 0 Å². The zero-order valence-corrected chi connectivity index (χ0v) is 25.0. The van der Waals surface area contributed by atoms with Crippen molar-refractivity contribution < 1.29 is 0 Å². The first-order valence-corrected chi connectivity index (χ1v) is 15.5. The van der Waals surface area contributed by atoms with Gasteiger partial charge in [-0.3, -0.25) is 4.98 Å². The topological polar surface area (TPSA) is 30.2 Å². The van der Waals surface area contributed by atoms with Gasteiger partial charge in [0, 0.05) is 37.9 Å². The molecule has 210 valence electrons. The lowest BCUT2D eigenvalue weighted by Crippen LogP contribution is -1.92. The highest BCUT2D eigenvalue weighted by atomic mass is 14.9. The number of nitrogens with zero attached hydrogens (tertiary/aromatic N) is 3. The fourth-order valence-corrected chi connectivity index (χ4v) is 7.58. The summed E-state index contributed by atoms with van der Waals surface area (Å²) in [6, 6.07) is 44.2. The highest BCUT2D eigenvalue weighted by molar-refractivity contribution is 6.24. The third-order valence-electron chi connectivity index (χ3n) is 9.63. The molecule has 7 aromatic carbocycles. The highest BCUT2D eigenvalue weighted by Crippen LogP contribution is 2.41. The van der Waals surface area contributed by atoms with Gasteiger partial charge in [0.25, 0.3) is 0 Å². The number of hydrogen-bond acceptors (Lipinski definition) is 2. The first kappa shape index (κ1) is 24.6. The maximum Gasteiger partial charge on any atom is 0.0979 e. The van der Waals surface area contributed by atoms with Crippen molar-refractivity contribution in [2.45, 2.75) is 13.8 Å². The van der Waals surface area contributed by atoms with E-state index in [1.807, 2.05) is 6.20 Å². The minimum Gasteiger partial charge on any atom is -0.308 e. The van der Waals surface area contributed by atoms with Crippen LogP contribution in [0, 0.1) is 13.8 Å². The normalized spacial score (nSPS) is 12.2. The van der Waals surface area contributed by atoms with Crippen LogP contribution in [0.3, 0.4) is 0 Å². The standard InChI is InChI=1S/C42H27N3/c1-24-11-17-38-33(19-24)35-20-25(2)21-36-34-22-28(16-18-39(34)45(38)42(35)36)26-12-14-27(15-13-26)37-23-43-40-31-9-5-3-7-29(31)30-8-4-6-10-32(30)41(40)44-37/h3-23H,1-2H3. The summed E-state index contributed by atoms with van der Waals surface area (Å²) >= 11 is 0. The summed E-state index contributed by atoms with van der Waals surface area (Å²) in [6.45, 7) is 4.38. The maximum absolute atomic E-state index is 5.19. The van der Waals surface area contributed by atoms with Gasteiger partial charge < -0.3 is 4.40 Å². The molecule has 3 heteroatoms. The Kier molecular flexibility index (Phi) is 4.85. The Balaban J connectivity index is 1.11. The van der Waals surface area contributed by atoms with Crippen molar-refractivity contribution in [1.82, 2.24) is 14.4 Å². The van der Waals surface area contributed by atoms with Crippen LogP contribution in [0.5, 0.6) is 0 Å². The van der Waals surface area contributed by atoms with Crippen molar-refractivity contribution in [2.75, 3.05) is 0 Å². The predicted octanol–water partition coefficient (Wildman–Crippen LogP) is 11.0. The van der Waals surface area contributed by atoms with Crippen molar-refractivity contribution in [3.8, 4) is 22.4 Å². The van der Waals surface area contributed by atoms with Gasteiger partial charge in [0.15, 0.2) is 0 Å².